The van der Waals surface area contributed by atoms with Gasteiger partial charge in [0.15, 0.2) is 14.1 Å². The van der Waals surface area contributed by atoms with Gasteiger partial charge in [0.05, 0.1) is 24.2 Å². The molecule has 5 heterocycles. The molecule has 5 saturated heterocycles. The van der Waals surface area contributed by atoms with Gasteiger partial charge in [-0.2, -0.15) is 0 Å². The predicted molar refractivity (Wildman–Crippen MR) is 121 cm³/mol. The zero-order valence-electron chi connectivity index (χ0n) is 20.2. The van der Waals surface area contributed by atoms with Crippen LogP contribution in [0.25, 0.3) is 0 Å². The summed E-state index contributed by atoms with van der Waals surface area (Å²) >= 11 is 0. The van der Waals surface area contributed by atoms with Crippen molar-refractivity contribution in [3.8, 4) is 0 Å². The second-order valence-electron chi connectivity index (χ2n) is 11.3. The van der Waals surface area contributed by atoms with E-state index in [1.165, 1.54) is 0 Å². The first kappa shape index (κ1) is 22.5. The number of carbonyl (C=O) groups is 1. The van der Waals surface area contributed by atoms with Crippen LogP contribution >= 0.6 is 0 Å². The minimum absolute atomic E-state index is 0.0140. The first-order valence-corrected chi connectivity index (χ1v) is 14.9. The Morgan fingerprint density at radius 2 is 2.03 bits per heavy atom. The maximum atomic E-state index is 12.9. The Morgan fingerprint density at radius 1 is 1.33 bits per heavy atom. The van der Waals surface area contributed by atoms with Crippen LogP contribution in [0.15, 0.2) is 12.2 Å². The fourth-order valence-electron chi connectivity index (χ4n) is 6.62. The van der Waals surface area contributed by atoms with Crippen molar-refractivity contribution < 1.29 is 18.7 Å². The number of nitrogens with zero attached hydrogens (tertiary/aromatic N) is 1. The maximum absolute atomic E-state index is 12.9. The molecule has 6 heteroatoms. The van der Waals surface area contributed by atoms with Gasteiger partial charge in [0.1, 0.15) is 0 Å². The lowest BCUT2D eigenvalue weighted by atomic mass is 9.69. The van der Waals surface area contributed by atoms with Gasteiger partial charge in [-0.15, -0.1) is 0 Å². The number of esters is 1. The molecule has 5 fully saturated rings. The molecule has 0 aromatic heterocycles. The van der Waals surface area contributed by atoms with Crippen LogP contribution in [0.2, 0.25) is 18.1 Å². The number of ether oxygens (including phenoxy) is 2. The van der Waals surface area contributed by atoms with Crippen molar-refractivity contribution in [1.29, 1.82) is 0 Å². The lowest BCUT2D eigenvalue weighted by Gasteiger charge is -2.56. The van der Waals surface area contributed by atoms with Crippen molar-refractivity contribution >= 4 is 14.3 Å². The molecule has 0 aromatic rings. The van der Waals surface area contributed by atoms with Crippen LogP contribution in [0.1, 0.15) is 60.8 Å². The minimum atomic E-state index is -2.13. The molecule has 5 aliphatic rings. The summed E-state index contributed by atoms with van der Waals surface area (Å²) in [6, 6.07) is 0.313. The van der Waals surface area contributed by atoms with Crippen molar-refractivity contribution in [3.05, 3.63) is 12.2 Å². The standard InChI is InChI=1S/C24H41NO4Si/c1-9-11-13-23-18-12-14-25(23)17-15-19(23)28-24(18,29-30(7,8)22(4,5)6)20(17)16(3)21(26)27-10-2/h11,13,16-20H,9-10,12,14-15H2,1-8H3/b13-11+/t16-,17-,18+,19-,20+,23-,24+/m0/s1. The van der Waals surface area contributed by atoms with E-state index >= 15 is 0 Å². The molecule has 0 aliphatic carbocycles. The quantitative estimate of drug-likeness (QED) is 0.329. The predicted octanol–water partition coefficient (Wildman–Crippen LogP) is 4.73. The van der Waals surface area contributed by atoms with Gasteiger partial charge in [-0.3, -0.25) is 9.69 Å². The average Bonchev–Trinajstić information content (AvgIpc) is 3.18. The summed E-state index contributed by atoms with van der Waals surface area (Å²) in [5.41, 5.74) is -0.0616. The molecule has 0 N–H and O–H groups in total. The van der Waals surface area contributed by atoms with Gasteiger partial charge in [0, 0.05) is 17.9 Å². The molecule has 30 heavy (non-hydrogen) atoms. The number of carbonyl (C=O) groups excluding carboxylic acids is 1. The smallest absolute Gasteiger partial charge is 0.309 e. The molecular formula is C24H41NO4Si. The summed E-state index contributed by atoms with van der Waals surface area (Å²) in [6.07, 6.45) is 7.98. The Labute approximate surface area is 183 Å². The summed E-state index contributed by atoms with van der Waals surface area (Å²) in [4.78, 5) is 15.6. The Morgan fingerprint density at radius 3 is 2.63 bits per heavy atom. The average molecular weight is 436 g/mol. The Balaban J connectivity index is 1.81. The molecule has 5 nitrogen and oxygen atoms in total. The summed E-state index contributed by atoms with van der Waals surface area (Å²) in [5, 5.41) is 0.0766. The molecular weight excluding hydrogens is 394 g/mol. The second kappa shape index (κ2) is 7.16. The number of hydrogen-bond acceptors (Lipinski definition) is 5. The zero-order chi connectivity index (χ0) is 22.1. The van der Waals surface area contributed by atoms with Crippen molar-refractivity contribution in [2.24, 2.45) is 17.8 Å². The van der Waals surface area contributed by atoms with Crippen LogP contribution in [-0.2, 0) is 18.7 Å². The van der Waals surface area contributed by atoms with Crippen molar-refractivity contribution in [3.63, 3.8) is 0 Å². The van der Waals surface area contributed by atoms with E-state index in [9.17, 15) is 4.79 Å². The van der Waals surface area contributed by atoms with Crippen molar-refractivity contribution in [1.82, 2.24) is 4.90 Å². The molecule has 8 atom stereocenters. The number of rotatable bonds is 7. The summed E-state index contributed by atoms with van der Waals surface area (Å²) in [7, 11) is -2.13. The van der Waals surface area contributed by atoms with Crippen LogP contribution < -0.4 is 0 Å². The molecule has 0 aromatic carbocycles. The summed E-state index contributed by atoms with van der Waals surface area (Å²) < 4.78 is 19.7. The highest BCUT2D eigenvalue weighted by Crippen LogP contribution is 2.70. The molecule has 6 bridgehead atoms. The molecule has 5 rings (SSSR count). The van der Waals surface area contributed by atoms with E-state index in [1.54, 1.807) is 0 Å². The SMILES string of the molecule is CC/C=C/[C@@]12[C@@H]3C[C@H]4[C@@H]([C@H](C)C(=O)OCC)[C@@](O[Si](C)(C)C(C)(C)C)(O3)[C@@H]1CCN42. The van der Waals surface area contributed by atoms with Crippen LogP contribution in [0, 0.1) is 17.8 Å². The fourth-order valence-corrected chi connectivity index (χ4v) is 8.05. The lowest BCUT2D eigenvalue weighted by Crippen LogP contribution is -2.67. The van der Waals surface area contributed by atoms with Crippen molar-refractivity contribution in [2.75, 3.05) is 13.2 Å². The van der Waals surface area contributed by atoms with E-state index in [0.29, 0.717) is 12.6 Å². The van der Waals surface area contributed by atoms with Gasteiger partial charge in [0.25, 0.3) is 0 Å². The van der Waals surface area contributed by atoms with Gasteiger partial charge >= 0.3 is 5.97 Å². The first-order chi connectivity index (χ1) is 14.0. The number of allylic oxidation sites excluding steroid dienone is 1. The highest BCUT2D eigenvalue weighted by atomic mass is 28.4. The van der Waals surface area contributed by atoms with E-state index in [2.05, 4.69) is 57.8 Å². The minimum Gasteiger partial charge on any atom is -0.466 e. The third-order valence-electron chi connectivity index (χ3n) is 8.82. The third-order valence-corrected chi connectivity index (χ3v) is 13.3. The molecule has 0 saturated carbocycles. The van der Waals surface area contributed by atoms with Crippen LogP contribution in [0.3, 0.4) is 0 Å². The molecule has 170 valence electrons. The van der Waals surface area contributed by atoms with E-state index < -0.39 is 14.1 Å². The summed E-state index contributed by atoms with van der Waals surface area (Å²) in [6.45, 7) is 19.1. The van der Waals surface area contributed by atoms with Gasteiger partial charge in [-0.25, -0.2) is 0 Å². The highest BCUT2D eigenvalue weighted by molar-refractivity contribution is 6.74. The largest absolute Gasteiger partial charge is 0.466 e. The van der Waals surface area contributed by atoms with Crippen molar-refractivity contribution in [2.45, 2.75) is 102 Å². The Hall–Kier alpha value is -0.693. The number of hydrogen-bond donors (Lipinski definition) is 0. The monoisotopic (exact) mass is 435 g/mol. The third kappa shape index (κ3) is 2.79. The van der Waals surface area contributed by atoms with Crippen LogP contribution in [0.4, 0.5) is 0 Å². The van der Waals surface area contributed by atoms with Crippen LogP contribution in [0.5, 0.6) is 0 Å². The van der Waals surface area contributed by atoms with E-state index in [-0.39, 0.29) is 40.4 Å². The number of piperidine rings is 1. The van der Waals surface area contributed by atoms with Gasteiger partial charge in [0.2, 0.25) is 0 Å². The second-order valence-corrected chi connectivity index (χ2v) is 16.0. The molecule has 1 unspecified atom stereocenters. The van der Waals surface area contributed by atoms with Crippen LogP contribution in [-0.4, -0.2) is 55.8 Å². The topological polar surface area (TPSA) is 48.0 Å². The molecule has 0 spiro atoms. The maximum Gasteiger partial charge on any atom is 0.309 e. The van der Waals surface area contributed by atoms with E-state index in [0.717, 1.165) is 25.8 Å². The van der Waals surface area contributed by atoms with Gasteiger partial charge in [-0.1, -0.05) is 46.8 Å². The van der Waals surface area contributed by atoms with Gasteiger partial charge < -0.3 is 13.9 Å². The zero-order valence-corrected chi connectivity index (χ0v) is 21.2. The molecule has 5 aliphatic heterocycles. The summed E-state index contributed by atoms with van der Waals surface area (Å²) in [5.74, 6) is -0.757. The Bertz CT molecular complexity index is 731. The highest BCUT2D eigenvalue weighted by Gasteiger charge is 2.81. The van der Waals surface area contributed by atoms with E-state index in [1.807, 2.05) is 13.8 Å². The molecule has 0 radical (unpaired) electrons. The normalized spacial score (nSPS) is 43.0. The molecule has 0 amide bonds. The Kier molecular flexibility index (Phi) is 5.37. The van der Waals surface area contributed by atoms with E-state index in [4.69, 9.17) is 13.9 Å². The van der Waals surface area contributed by atoms with Gasteiger partial charge in [-0.05, 0) is 50.9 Å². The first-order valence-electron chi connectivity index (χ1n) is 11.9. The fraction of sp³-hybridized carbons (Fsp3) is 0.875. The lowest BCUT2D eigenvalue weighted by molar-refractivity contribution is -0.272.